The predicted octanol–water partition coefficient (Wildman–Crippen LogP) is 0.426. The Morgan fingerprint density at radius 2 is 2.33 bits per heavy atom. The van der Waals surface area contributed by atoms with Crippen molar-refractivity contribution in [2.45, 2.75) is 6.54 Å². The highest BCUT2D eigenvalue weighted by Gasteiger charge is 2.09. The van der Waals surface area contributed by atoms with Crippen LogP contribution in [0.5, 0.6) is 5.75 Å². The molecule has 2 aromatic rings. The van der Waals surface area contributed by atoms with Gasteiger partial charge in [-0.1, -0.05) is 16.8 Å². The average molecular weight is 310 g/mol. The van der Waals surface area contributed by atoms with Crippen LogP contribution in [-0.4, -0.2) is 33.8 Å². The zero-order chi connectivity index (χ0) is 15.2. The van der Waals surface area contributed by atoms with Crippen LogP contribution in [-0.2, 0) is 6.54 Å². The summed E-state index contributed by atoms with van der Waals surface area (Å²) in [5.41, 5.74) is 2.55. The number of aromatic nitrogens is 3. The fourth-order valence-electron chi connectivity index (χ4n) is 1.54. The maximum atomic E-state index is 11.2. The topological polar surface area (TPSA) is 112 Å². The van der Waals surface area contributed by atoms with E-state index in [4.69, 9.17) is 22.2 Å². The van der Waals surface area contributed by atoms with E-state index < -0.39 is 5.91 Å². The molecule has 0 bridgehead atoms. The third-order valence-corrected chi connectivity index (χ3v) is 2.87. The molecule has 0 aliphatic carbocycles. The molecule has 0 unspecified atom stereocenters. The van der Waals surface area contributed by atoms with Crippen molar-refractivity contribution in [3.63, 3.8) is 0 Å². The smallest absolute Gasteiger partial charge is 0.287 e. The minimum absolute atomic E-state index is 0.117. The van der Waals surface area contributed by atoms with E-state index >= 15 is 0 Å². The van der Waals surface area contributed by atoms with Crippen molar-refractivity contribution >= 4 is 23.8 Å². The van der Waals surface area contributed by atoms with Crippen LogP contribution >= 0.6 is 11.6 Å². The number of hydrazine groups is 1. The van der Waals surface area contributed by atoms with Crippen molar-refractivity contribution in [1.29, 1.82) is 0 Å². The van der Waals surface area contributed by atoms with Crippen LogP contribution in [0.1, 0.15) is 20.8 Å². The van der Waals surface area contributed by atoms with Gasteiger partial charge in [0.1, 0.15) is 18.6 Å². The van der Waals surface area contributed by atoms with Crippen molar-refractivity contribution in [2.75, 3.05) is 6.61 Å². The first-order valence-electron chi connectivity index (χ1n) is 5.92. The number of aldehydes is 1. The van der Waals surface area contributed by atoms with Crippen LogP contribution in [0, 0.1) is 0 Å². The maximum Gasteiger partial charge on any atom is 0.287 e. The first-order chi connectivity index (χ1) is 10.1. The lowest BCUT2D eigenvalue weighted by Gasteiger charge is -2.07. The van der Waals surface area contributed by atoms with Crippen LogP contribution in [0.4, 0.5) is 0 Å². The number of nitrogen functional groups attached to an aromatic ring is 1. The van der Waals surface area contributed by atoms with E-state index in [1.54, 1.807) is 12.1 Å². The Morgan fingerprint density at radius 3 is 3.00 bits per heavy atom. The van der Waals surface area contributed by atoms with Gasteiger partial charge >= 0.3 is 0 Å². The molecular weight excluding hydrogens is 298 g/mol. The summed E-state index contributed by atoms with van der Waals surface area (Å²) in [7, 11) is 0. The van der Waals surface area contributed by atoms with Crippen molar-refractivity contribution in [3.8, 4) is 5.75 Å². The Kier molecular flexibility index (Phi) is 4.85. The quantitative estimate of drug-likeness (QED) is 0.346. The normalized spacial score (nSPS) is 10.2. The third kappa shape index (κ3) is 3.77. The minimum atomic E-state index is -0.519. The molecule has 3 N–H and O–H groups in total. The van der Waals surface area contributed by atoms with E-state index in [1.165, 1.54) is 16.9 Å². The van der Waals surface area contributed by atoms with Crippen LogP contribution < -0.4 is 16.0 Å². The van der Waals surface area contributed by atoms with Crippen molar-refractivity contribution in [2.24, 2.45) is 5.84 Å². The number of carbonyl (C=O) groups excluding carboxylic acids is 2. The number of nitrogens with zero attached hydrogens (tertiary/aromatic N) is 3. The van der Waals surface area contributed by atoms with Crippen LogP contribution in [0.3, 0.4) is 0 Å². The molecule has 9 heteroatoms. The van der Waals surface area contributed by atoms with E-state index in [0.717, 1.165) is 0 Å². The van der Waals surface area contributed by atoms with E-state index in [2.05, 4.69) is 10.3 Å². The SMILES string of the molecule is NNC(=O)c1cn(CCOc2ccc(C=O)cc2Cl)nn1. The number of hydrogen-bond donors (Lipinski definition) is 2. The molecule has 1 aromatic carbocycles. The molecule has 8 nitrogen and oxygen atoms in total. The number of amides is 1. The van der Waals surface area contributed by atoms with E-state index in [9.17, 15) is 9.59 Å². The molecule has 1 amide bonds. The second kappa shape index (κ2) is 6.82. The Labute approximate surface area is 124 Å². The standard InChI is InChI=1S/C12H12ClN5O3/c13-9-5-8(7-19)1-2-11(9)21-4-3-18-6-10(16-17-18)12(20)15-14/h1-2,5-7H,3-4,14H2,(H,15,20). The highest BCUT2D eigenvalue weighted by atomic mass is 35.5. The molecule has 0 aliphatic heterocycles. The first-order valence-corrected chi connectivity index (χ1v) is 6.30. The molecule has 1 heterocycles. The van der Waals surface area contributed by atoms with E-state index in [0.29, 0.717) is 29.2 Å². The largest absolute Gasteiger partial charge is 0.490 e. The van der Waals surface area contributed by atoms with Crippen LogP contribution in [0.25, 0.3) is 0 Å². The molecule has 2 rings (SSSR count). The van der Waals surface area contributed by atoms with Gasteiger partial charge in [0.05, 0.1) is 17.8 Å². The van der Waals surface area contributed by atoms with Gasteiger partial charge in [-0.3, -0.25) is 15.0 Å². The van der Waals surface area contributed by atoms with Gasteiger partial charge in [0.15, 0.2) is 5.69 Å². The van der Waals surface area contributed by atoms with Gasteiger partial charge in [-0.2, -0.15) is 0 Å². The van der Waals surface area contributed by atoms with Gasteiger partial charge in [0.25, 0.3) is 5.91 Å². The third-order valence-electron chi connectivity index (χ3n) is 2.57. The van der Waals surface area contributed by atoms with Gasteiger partial charge in [-0.25, -0.2) is 10.5 Å². The first kappa shape index (κ1) is 14.9. The van der Waals surface area contributed by atoms with Gasteiger partial charge in [0.2, 0.25) is 0 Å². The summed E-state index contributed by atoms with van der Waals surface area (Å²) in [6.45, 7) is 0.643. The second-order valence-corrected chi connectivity index (χ2v) is 4.40. The number of rotatable bonds is 6. The average Bonchev–Trinajstić information content (AvgIpc) is 2.97. The van der Waals surface area contributed by atoms with Gasteiger partial charge < -0.3 is 4.74 Å². The molecule has 0 saturated heterocycles. The lowest BCUT2D eigenvalue weighted by Crippen LogP contribution is -2.30. The molecule has 0 radical (unpaired) electrons. The van der Waals surface area contributed by atoms with Crippen molar-refractivity contribution in [3.05, 3.63) is 40.7 Å². The maximum absolute atomic E-state index is 11.2. The van der Waals surface area contributed by atoms with Crippen molar-refractivity contribution < 1.29 is 14.3 Å². The number of ether oxygens (including phenoxy) is 1. The number of nitrogens with one attached hydrogen (secondary N) is 1. The highest BCUT2D eigenvalue weighted by molar-refractivity contribution is 6.32. The molecule has 1 aromatic heterocycles. The summed E-state index contributed by atoms with van der Waals surface area (Å²) in [5, 5.41) is 7.76. The highest BCUT2D eigenvalue weighted by Crippen LogP contribution is 2.24. The number of hydrogen-bond acceptors (Lipinski definition) is 6. The van der Waals surface area contributed by atoms with Gasteiger partial charge in [-0.05, 0) is 18.2 Å². The minimum Gasteiger partial charge on any atom is -0.490 e. The Hall–Kier alpha value is -2.45. The Bertz CT molecular complexity index is 658. The monoisotopic (exact) mass is 309 g/mol. The van der Waals surface area contributed by atoms with Gasteiger partial charge in [-0.15, -0.1) is 5.10 Å². The summed E-state index contributed by atoms with van der Waals surface area (Å²) < 4.78 is 6.92. The molecule has 0 saturated carbocycles. The second-order valence-electron chi connectivity index (χ2n) is 4.00. The van der Waals surface area contributed by atoms with E-state index in [1.807, 2.05) is 5.43 Å². The predicted molar refractivity (Wildman–Crippen MR) is 74.0 cm³/mol. The number of benzene rings is 1. The summed E-state index contributed by atoms with van der Waals surface area (Å²) in [6.07, 6.45) is 2.15. The zero-order valence-electron chi connectivity index (χ0n) is 10.8. The molecule has 0 atom stereocenters. The number of halogens is 1. The Balaban J connectivity index is 1.91. The fourth-order valence-corrected chi connectivity index (χ4v) is 1.79. The lowest BCUT2D eigenvalue weighted by molar-refractivity contribution is 0.0948. The van der Waals surface area contributed by atoms with Crippen LogP contribution in [0.15, 0.2) is 24.4 Å². The fraction of sp³-hybridized carbons (Fsp3) is 0.167. The summed E-state index contributed by atoms with van der Waals surface area (Å²) in [4.78, 5) is 21.8. The van der Waals surface area contributed by atoms with E-state index in [-0.39, 0.29) is 12.3 Å². The number of nitrogens with two attached hydrogens (primary N) is 1. The Morgan fingerprint density at radius 1 is 1.52 bits per heavy atom. The molecule has 110 valence electrons. The zero-order valence-corrected chi connectivity index (χ0v) is 11.6. The van der Waals surface area contributed by atoms with Crippen molar-refractivity contribution in [1.82, 2.24) is 20.4 Å². The van der Waals surface area contributed by atoms with Gasteiger partial charge in [0, 0.05) is 5.56 Å². The molecule has 0 aliphatic rings. The number of carbonyl (C=O) groups is 2. The molecular formula is C12H12ClN5O3. The summed E-state index contributed by atoms with van der Waals surface area (Å²) in [6, 6.07) is 4.73. The summed E-state index contributed by atoms with van der Waals surface area (Å²) >= 11 is 5.97. The lowest BCUT2D eigenvalue weighted by atomic mass is 10.2. The molecule has 0 fully saturated rings. The summed E-state index contributed by atoms with van der Waals surface area (Å²) in [5.74, 6) is 4.93. The molecule has 0 spiro atoms. The molecule has 21 heavy (non-hydrogen) atoms. The van der Waals surface area contributed by atoms with Crippen LogP contribution in [0.2, 0.25) is 5.02 Å².